The van der Waals surface area contributed by atoms with Crippen molar-refractivity contribution >= 4 is 11.7 Å². The fraction of sp³-hybridized carbons (Fsp3) is 0.417. The number of aliphatic hydroxyl groups is 1. The van der Waals surface area contributed by atoms with Gasteiger partial charge < -0.3 is 14.7 Å². The first kappa shape index (κ1) is 12.5. The molecule has 16 heavy (non-hydrogen) atoms. The number of aryl methyl sites for hydroxylation is 1. The van der Waals surface area contributed by atoms with E-state index in [9.17, 15) is 9.90 Å². The summed E-state index contributed by atoms with van der Waals surface area (Å²) in [6.45, 7) is 1.86. The first-order valence-electron chi connectivity index (χ1n) is 5.01. The molecular formula is C12H17NO3. The van der Waals surface area contributed by atoms with Gasteiger partial charge in [-0.15, -0.1) is 0 Å². The van der Waals surface area contributed by atoms with Gasteiger partial charge in [-0.2, -0.15) is 0 Å². The van der Waals surface area contributed by atoms with Crippen molar-refractivity contribution in [3.63, 3.8) is 0 Å². The van der Waals surface area contributed by atoms with E-state index in [1.807, 2.05) is 44.1 Å². The average molecular weight is 223 g/mol. The van der Waals surface area contributed by atoms with Gasteiger partial charge in [0.05, 0.1) is 7.11 Å². The van der Waals surface area contributed by atoms with E-state index >= 15 is 0 Å². The second-order valence-electron chi connectivity index (χ2n) is 3.83. The molecule has 0 aromatic heterocycles. The van der Waals surface area contributed by atoms with Crippen LogP contribution in [0.25, 0.3) is 0 Å². The minimum Gasteiger partial charge on any atom is -0.467 e. The lowest BCUT2D eigenvalue weighted by molar-refractivity contribution is -0.150. The molecule has 0 amide bonds. The van der Waals surface area contributed by atoms with Crippen molar-refractivity contribution in [1.29, 1.82) is 0 Å². The van der Waals surface area contributed by atoms with Crippen molar-refractivity contribution in [3.8, 4) is 0 Å². The Morgan fingerprint density at radius 3 is 2.56 bits per heavy atom. The van der Waals surface area contributed by atoms with E-state index in [0.29, 0.717) is 5.56 Å². The molecular weight excluding hydrogens is 206 g/mol. The van der Waals surface area contributed by atoms with Crippen molar-refractivity contribution in [2.45, 2.75) is 13.0 Å². The Kier molecular flexibility index (Phi) is 3.90. The molecule has 1 aromatic rings. The molecule has 1 unspecified atom stereocenters. The lowest BCUT2D eigenvalue weighted by atomic mass is 10.0. The number of benzene rings is 1. The molecule has 4 nitrogen and oxygen atoms in total. The zero-order valence-corrected chi connectivity index (χ0v) is 10.0. The number of aliphatic hydroxyl groups excluding tert-OH is 1. The molecule has 1 atom stereocenters. The van der Waals surface area contributed by atoms with Crippen molar-refractivity contribution in [2.75, 3.05) is 26.1 Å². The molecule has 0 aliphatic heterocycles. The minimum atomic E-state index is -1.23. The summed E-state index contributed by atoms with van der Waals surface area (Å²) >= 11 is 0. The summed E-state index contributed by atoms with van der Waals surface area (Å²) in [5.74, 6) is -0.641. The van der Waals surface area contributed by atoms with Crippen LogP contribution in [0, 0.1) is 6.92 Å². The molecule has 0 spiro atoms. The van der Waals surface area contributed by atoms with Crippen LogP contribution in [-0.2, 0) is 9.53 Å². The number of methoxy groups -OCH3 is 1. The summed E-state index contributed by atoms with van der Waals surface area (Å²) in [4.78, 5) is 13.2. The van der Waals surface area contributed by atoms with Crippen LogP contribution in [0.15, 0.2) is 18.2 Å². The van der Waals surface area contributed by atoms with Gasteiger partial charge in [0.2, 0.25) is 0 Å². The van der Waals surface area contributed by atoms with Gasteiger partial charge in [0, 0.05) is 25.3 Å². The Labute approximate surface area is 95.5 Å². The monoisotopic (exact) mass is 223 g/mol. The lowest BCUT2D eigenvalue weighted by Crippen LogP contribution is -2.19. The Bertz CT molecular complexity index is 388. The van der Waals surface area contributed by atoms with E-state index in [-0.39, 0.29) is 0 Å². The van der Waals surface area contributed by atoms with E-state index in [2.05, 4.69) is 4.74 Å². The van der Waals surface area contributed by atoms with Crippen molar-refractivity contribution < 1.29 is 14.6 Å². The maximum atomic E-state index is 11.3. The summed E-state index contributed by atoms with van der Waals surface area (Å²) < 4.78 is 4.55. The van der Waals surface area contributed by atoms with E-state index < -0.39 is 12.1 Å². The average Bonchev–Trinajstić information content (AvgIpc) is 2.26. The largest absolute Gasteiger partial charge is 0.467 e. The van der Waals surface area contributed by atoms with Crippen LogP contribution in [-0.4, -0.2) is 32.3 Å². The van der Waals surface area contributed by atoms with Crippen molar-refractivity contribution in [1.82, 2.24) is 0 Å². The normalized spacial score (nSPS) is 12.1. The van der Waals surface area contributed by atoms with Crippen LogP contribution in [0.5, 0.6) is 0 Å². The molecule has 0 heterocycles. The molecule has 1 rings (SSSR count). The summed E-state index contributed by atoms with van der Waals surface area (Å²) in [6, 6.07) is 5.60. The lowest BCUT2D eigenvalue weighted by Gasteiger charge is -2.21. The highest BCUT2D eigenvalue weighted by Crippen LogP contribution is 2.28. The molecule has 1 aromatic carbocycles. The molecule has 0 fully saturated rings. The number of ether oxygens (including phenoxy) is 1. The quantitative estimate of drug-likeness (QED) is 0.784. The van der Waals surface area contributed by atoms with E-state index in [1.54, 1.807) is 0 Å². The Morgan fingerprint density at radius 1 is 1.44 bits per heavy atom. The van der Waals surface area contributed by atoms with Gasteiger partial charge in [0.15, 0.2) is 6.10 Å². The molecule has 0 radical (unpaired) electrons. The number of esters is 1. The third-order valence-electron chi connectivity index (χ3n) is 2.48. The molecule has 4 heteroatoms. The Hall–Kier alpha value is -1.55. The fourth-order valence-electron chi connectivity index (χ4n) is 1.64. The van der Waals surface area contributed by atoms with E-state index in [0.717, 1.165) is 11.3 Å². The zero-order chi connectivity index (χ0) is 12.3. The van der Waals surface area contributed by atoms with Crippen LogP contribution >= 0.6 is 0 Å². The van der Waals surface area contributed by atoms with Gasteiger partial charge >= 0.3 is 5.97 Å². The summed E-state index contributed by atoms with van der Waals surface area (Å²) in [7, 11) is 4.99. The highest BCUT2D eigenvalue weighted by atomic mass is 16.5. The van der Waals surface area contributed by atoms with E-state index in [4.69, 9.17) is 0 Å². The topological polar surface area (TPSA) is 49.8 Å². The van der Waals surface area contributed by atoms with Gasteiger partial charge in [-0.05, 0) is 18.6 Å². The summed E-state index contributed by atoms with van der Waals surface area (Å²) in [6.07, 6.45) is -1.23. The van der Waals surface area contributed by atoms with Gasteiger partial charge in [-0.25, -0.2) is 4.79 Å². The molecule has 0 aliphatic rings. The smallest absolute Gasteiger partial charge is 0.339 e. The molecule has 0 saturated heterocycles. The fourth-order valence-corrected chi connectivity index (χ4v) is 1.64. The van der Waals surface area contributed by atoms with Gasteiger partial charge in [-0.1, -0.05) is 12.1 Å². The number of hydrogen-bond acceptors (Lipinski definition) is 4. The van der Waals surface area contributed by atoms with Crippen molar-refractivity contribution in [3.05, 3.63) is 29.3 Å². The minimum absolute atomic E-state index is 0.597. The predicted octanol–water partition coefficient (Wildman–Crippen LogP) is 1.27. The number of nitrogens with zero attached hydrogens (tertiary/aromatic N) is 1. The maximum Gasteiger partial charge on any atom is 0.339 e. The van der Waals surface area contributed by atoms with Crippen LogP contribution in [0.3, 0.4) is 0 Å². The molecule has 88 valence electrons. The summed E-state index contributed by atoms with van der Waals surface area (Å²) in [5, 5.41) is 9.90. The highest BCUT2D eigenvalue weighted by Gasteiger charge is 2.23. The zero-order valence-electron chi connectivity index (χ0n) is 10.0. The number of carbonyl (C=O) groups is 1. The number of anilines is 1. The first-order valence-corrected chi connectivity index (χ1v) is 5.01. The Balaban J connectivity index is 3.24. The SMILES string of the molecule is COC(=O)C(O)c1c(C)cccc1N(C)C. The highest BCUT2D eigenvalue weighted by molar-refractivity contribution is 5.79. The third-order valence-corrected chi connectivity index (χ3v) is 2.48. The molecule has 1 N–H and O–H groups in total. The number of rotatable bonds is 3. The summed E-state index contributed by atoms with van der Waals surface area (Å²) in [5.41, 5.74) is 2.28. The van der Waals surface area contributed by atoms with Gasteiger partial charge in [0.25, 0.3) is 0 Å². The second kappa shape index (κ2) is 4.99. The van der Waals surface area contributed by atoms with Crippen LogP contribution < -0.4 is 4.90 Å². The predicted molar refractivity (Wildman–Crippen MR) is 62.5 cm³/mol. The molecule has 0 bridgehead atoms. The van der Waals surface area contributed by atoms with Crippen LogP contribution in [0.2, 0.25) is 0 Å². The van der Waals surface area contributed by atoms with Gasteiger partial charge in [0.1, 0.15) is 0 Å². The van der Waals surface area contributed by atoms with Gasteiger partial charge in [-0.3, -0.25) is 0 Å². The van der Waals surface area contributed by atoms with Crippen LogP contribution in [0.1, 0.15) is 17.2 Å². The number of carbonyl (C=O) groups excluding carboxylic acids is 1. The molecule has 0 saturated carbocycles. The van der Waals surface area contributed by atoms with Crippen LogP contribution in [0.4, 0.5) is 5.69 Å². The second-order valence-corrected chi connectivity index (χ2v) is 3.83. The third kappa shape index (κ3) is 2.33. The van der Waals surface area contributed by atoms with E-state index in [1.165, 1.54) is 7.11 Å². The first-order chi connectivity index (χ1) is 7.49. The number of hydrogen-bond donors (Lipinski definition) is 1. The molecule has 0 aliphatic carbocycles. The van der Waals surface area contributed by atoms with Crippen molar-refractivity contribution in [2.24, 2.45) is 0 Å². The maximum absolute atomic E-state index is 11.3. The standard InChI is InChI=1S/C12H17NO3/c1-8-6-5-7-9(13(2)3)10(8)11(14)12(15)16-4/h5-7,11,14H,1-4H3. The Morgan fingerprint density at radius 2 is 2.06 bits per heavy atom.